The van der Waals surface area contributed by atoms with Gasteiger partial charge in [0.2, 0.25) is 0 Å². The molecule has 6 heteroatoms. The van der Waals surface area contributed by atoms with E-state index in [1.165, 1.54) is 0 Å². The van der Waals surface area contributed by atoms with E-state index in [1.54, 1.807) is 0 Å². The van der Waals surface area contributed by atoms with Crippen LogP contribution in [0.25, 0.3) is 0 Å². The maximum atomic E-state index is 6.55. The van der Waals surface area contributed by atoms with Crippen molar-refractivity contribution in [1.29, 1.82) is 0 Å². The summed E-state index contributed by atoms with van der Waals surface area (Å²) in [6, 6.07) is 0. The molecule has 0 amide bonds. The number of ether oxygens (including phenoxy) is 4. The maximum absolute atomic E-state index is 6.55. The Labute approximate surface area is 209 Å². The predicted molar refractivity (Wildman–Crippen MR) is 148 cm³/mol. The fourth-order valence-electron chi connectivity index (χ4n) is 3.49. The fraction of sp³-hybridized carbons (Fsp3) is 1.00. The number of hydrogen-bond acceptors (Lipinski definition) is 4. The molecule has 0 aliphatic heterocycles. The topological polar surface area (TPSA) is 36.9 Å². The first kappa shape index (κ1) is 33.0. The van der Waals surface area contributed by atoms with Gasteiger partial charge in [0.05, 0.1) is 30.0 Å². The van der Waals surface area contributed by atoms with E-state index in [4.69, 9.17) is 18.9 Å². The van der Waals surface area contributed by atoms with E-state index in [-0.39, 0.29) is 39.5 Å². The highest BCUT2D eigenvalue weighted by molar-refractivity contribution is 6.14. The molecule has 0 radical (unpaired) electrons. The van der Waals surface area contributed by atoms with Gasteiger partial charge in [0.15, 0.2) is 0 Å². The highest BCUT2D eigenvalue weighted by atomic mass is 16.5. The first-order valence-electron chi connectivity index (χ1n) is 13.2. The highest BCUT2D eigenvalue weighted by Gasteiger charge is 2.44. The van der Waals surface area contributed by atoms with Crippen molar-refractivity contribution in [2.75, 3.05) is 26.4 Å². The standard InChI is InChI=1S/C27H58B2O4/c1-21(2)30-17-15-25(8,9)33-20-27(12,19-22(3)31-16-13-23(4,5)28)26(10,11)32-18-14-24(6,7)29/h21-22H,13-20,28-29H2,1-12H3. The minimum Gasteiger partial charge on any atom is -0.379 e. The van der Waals surface area contributed by atoms with Crippen LogP contribution in [0.2, 0.25) is 10.6 Å². The Kier molecular flexibility index (Phi) is 13.3. The van der Waals surface area contributed by atoms with E-state index in [0.717, 1.165) is 38.9 Å². The van der Waals surface area contributed by atoms with Crippen LogP contribution >= 0.6 is 0 Å². The zero-order chi connectivity index (χ0) is 26.1. The molecule has 0 rings (SSSR count). The van der Waals surface area contributed by atoms with Crippen LogP contribution < -0.4 is 0 Å². The minimum absolute atomic E-state index is 0.138. The molecule has 0 aromatic rings. The van der Waals surface area contributed by atoms with Crippen LogP contribution in [0.3, 0.4) is 0 Å². The van der Waals surface area contributed by atoms with Crippen molar-refractivity contribution in [1.82, 2.24) is 0 Å². The van der Waals surface area contributed by atoms with E-state index < -0.39 is 0 Å². The van der Waals surface area contributed by atoms with Crippen molar-refractivity contribution in [2.24, 2.45) is 5.41 Å². The molecule has 2 unspecified atom stereocenters. The molecular weight excluding hydrogens is 410 g/mol. The van der Waals surface area contributed by atoms with Crippen molar-refractivity contribution in [3.8, 4) is 0 Å². The summed E-state index contributed by atoms with van der Waals surface area (Å²) in [6.45, 7) is 29.3. The van der Waals surface area contributed by atoms with E-state index in [0.29, 0.717) is 13.2 Å². The molecule has 0 saturated carbocycles. The van der Waals surface area contributed by atoms with E-state index in [2.05, 4.69) is 98.8 Å². The Morgan fingerprint density at radius 1 is 0.636 bits per heavy atom. The lowest BCUT2D eigenvalue weighted by Crippen LogP contribution is -2.50. The van der Waals surface area contributed by atoms with Crippen molar-refractivity contribution < 1.29 is 18.9 Å². The van der Waals surface area contributed by atoms with Crippen molar-refractivity contribution in [2.45, 2.75) is 143 Å². The quantitative estimate of drug-likeness (QED) is 0.244. The Morgan fingerprint density at radius 3 is 1.61 bits per heavy atom. The lowest BCUT2D eigenvalue weighted by Gasteiger charge is -2.47. The van der Waals surface area contributed by atoms with Crippen LogP contribution in [0.1, 0.15) is 109 Å². The molecule has 0 aliphatic rings. The van der Waals surface area contributed by atoms with Crippen molar-refractivity contribution in [3.05, 3.63) is 0 Å². The third-order valence-electron chi connectivity index (χ3n) is 6.70. The highest BCUT2D eigenvalue weighted by Crippen LogP contribution is 2.41. The second kappa shape index (κ2) is 13.3. The largest absolute Gasteiger partial charge is 0.379 e. The summed E-state index contributed by atoms with van der Waals surface area (Å²) < 4.78 is 25.1. The molecule has 0 N–H and O–H groups in total. The average molecular weight is 468 g/mol. The lowest BCUT2D eigenvalue weighted by atomic mass is 9.69. The Balaban J connectivity index is 5.30. The summed E-state index contributed by atoms with van der Waals surface area (Å²) >= 11 is 0. The summed E-state index contributed by atoms with van der Waals surface area (Å²) in [5.74, 6) is 0. The molecule has 33 heavy (non-hydrogen) atoms. The lowest BCUT2D eigenvalue weighted by molar-refractivity contribution is -0.173. The van der Waals surface area contributed by atoms with Crippen LogP contribution in [0, 0.1) is 5.41 Å². The van der Waals surface area contributed by atoms with Gasteiger partial charge in [0.25, 0.3) is 0 Å². The summed E-state index contributed by atoms with van der Waals surface area (Å²) in [7, 11) is 4.52. The smallest absolute Gasteiger partial charge is 0.108 e. The molecule has 0 spiro atoms. The Bertz CT molecular complexity index is 535. The van der Waals surface area contributed by atoms with Crippen LogP contribution in [-0.4, -0.2) is 65.5 Å². The second-order valence-corrected chi connectivity index (χ2v) is 14.1. The van der Waals surface area contributed by atoms with Gasteiger partial charge in [-0.2, -0.15) is 0 Å². The van der Waals surface area contributed by atoms with Gasteiger partial charge in [-0.3, -0.25) is 0 Å². The average Bonchev–Trinajstić information content (AvgIpc) is 2.57. The van der Waals surface area contributed by atoms with Gasteiger partial charge in [0.1, 0.15) is 15.7 Å². The Morgan fingerprint density at radius 2 is 1.12 bits per heavy atom. The van der Waals surface area contributed by atoms with Crippen LogP contribution in [0.4, 0.5) is 0 Å². The monoisotopic (exact) mass is 468 g/mol. The zero-order valence-electron chi connectivity index (χ0n) is 24.9. The van der Waals surface area contributed by atoms with Gasteiger partial charge in [-0.15, -0.1) is 0 Å². The van der Waals surface area contributed by atoms with Gasteiger partial charge >= 0.3 is 0 Å². The third kappa shape index (κ3) is 15.6. The zero-order valence-corrected chi connectivity index (χ0v) is 24.9. The molecule has 0 aromatic heterocycles. The first-order valence-corrected chi connectivity index (χ1v) is 13.2. The molecule has 0 aliphatic carbocycles. The summed E-state index contributed by atoms with van der Waals surface area (Å²) in [5.41, 5.74) is -0.791. The molecule has 0 aromatic carbocycles. The summed E-state index contributed by atoms with van der Waals surface area (Å²) in [5, 5.41) is 0.536. The molecule has 2 atom stereocenters. The van der Waals surface area contributed by atoms with Gasteiger partial charge in [-0.25, -0.2) is 0 Å². The molecule has 0 bridgehead atoms. The molecule has 0 saturated heterocycles. The minimum atomic E-state index is -0.343. The van der Waals surface area contributed by atoms with Crippen LogP contribution in [0.15, 0.2) is 0 Å². The predicted octanol–water partition coefficient (Wildman–Crippen LogP) is 5.64. The number of hydrogen-bond donors (Lipinski definition) is 0. The normalized spacial score (nSPS) is 16.8. The summed E-state index contributed by atoms with van der Waals surface area (Å²) in [4.78, 5) is 0. The second-order valence-electron chi connectivity index (χ2n) is 14.1. The summed E-state index contributed by atoms with van der Waals surface area (Å²) in [6.07, 6.45) is 4.22. The Hall–Kier alpha value is -0.0301. The maximum Gasteiger partial charge on any atom is 0.108 e. The van der Waals surface area contributed by atoms with E-state index in [1.807, 2.05) is 0 Å². The van der Waals surface area contributed by atoms with Gasteiger partial charge in [0, 0.05) is 25.2 Å². The van der Waals surface area contributed by atoms with Crippen LogP contribution in [0.5, 0.6) is 0 Å². The van der Waals surface area contributed by atoms with Gasteiger partial charge in [-0.05, 0) is 74.1 Å². The van der Waals surface area contributed by atoms with Crippen LogP contribution in [-0.2, 0) is 18.9 Å². The molecule has 0 fully saturated rings. The first-order chi connectivity index (χ1) is 14.7. The molecule has 196 valence electrons. The van der Waals surface area contributed by atoms with E-state index in [9.17, 15) is 0 Å². The number of rotatable bonds is 18. The van der Waals surface area contributed by atoms with Crippen molar-refractivity contribution >= 4 is 15.7 Å². The van der Waals surface area contributed by atoms with Gasteiger partial charge < -0.3 is 18.9 Å². The SMILES string of the molecule is BC(C)(C)CCOC(C)CC(C)(COC(C)(C)CCOC(C)C)C(C)(C)OCCC(B)(C)C. The van der Waals surface area contributed by atoms with Gasteiger partial charge in [-0.1, -0.05) is 45.2 Å². The molecular formula is C27H58B2O4. The van der Waals surface area contributed by atoms with E-state index >= 15 is 0 Å². The fourth-order valence-corrected chi connectivity index (χ4v) is 3.49. The molecule has 0 heterocycles. The molecule has 4 nitrogen and oxygen atoms in total. The van der Waals surface area contributed by atoms with Crippen molar-refractivity contribution in [3.63, 3.8) is 0 Å². The third-order valence-corrected chi connectivity index (χ3v) is 6.70.